The fourth-order valence-electron chi connectivity index (χ4n) is 4.56. The molecule has 0 amide bonds. The summed E-state index contributed by atoms with van der Waals surface area (Å²) in [6.07, 6.45) is -3.84. The molecule has 0 aromatic heterocycles. The van der Waals surface area contributed by atoms with E-state index in [9.17, 15) is 26.4 Å². The predicted molar refractivity (Wildman–Crippen MR) is 80.9 cm³/mol. The summed E-state index contributed by atoms with van der Waals surface area (Å²) in [5, 5.41) is 8.03. The lowest BCUT2D eigenvalue weighted by atomic mass is 9.87. The molecule has 1 heterocycles. The van der Waals surface area contributed by atoms with Gasteiger partial charge in [0.2, 0.25) is 10.0 Å². The van der Waals surface area contributed by atoms with Crippen molar-refractivity contribution in [3.8, 4) is 6.07 Å². The van der Waals surface area contributed by atoms with Crippen molar-refractivity contribution < 1.29 is 26.4 Å². The molecule has 0 N–H and O–H groups in total. The van der Waals surface area contributed by atoms with Crippen LogP contribution in [0.15, 0.2) is 18.2 Å². The van der Waals surface area contributed by atoms with Gasteiger partial charge in [-0.15, -0.1) is 0 Å². The fraction of sp³-hybridized carbons (Fsp3) is 0.500. The van der Waals surface area contributed by atoms with Crippen LogP contribution < -0.4 is 4.31 Å². The van der Waals surface area contributed by atoms with Crippen LogP contribution in [0.2, 0.25) is 0 Å². The zero-order valence-corrected chi connectivity index (χ0v) is 13.6. The number of Topliss-reactive ketones (excluding diaryl/α,β-unsaturated/α-hetero) is 1. The number of ketones is 1. The van der Waals surface area contributed by atoms with Gasteiger partial charge in [0.15, 0.2) is 0 Å². The molecule has 9 heteroatoms. The van der Waals surface area contributed by atoms with Crippen molar-refractivity contribution in [1.82, 2.24) is 0 Å². The lowest BCUT2D eigenvalue weighted by Gasteiger charge is -2.22. The van der Waals surface area contributed by atoms with E-state index in [4.69, 9.17) is 5.26 Å². The molecule has 2 bridgehead atoms. The molecule has 4 atom stereocenters. The van der Waals surface area contributed by atoms with Crippen molar-refractivity contribution >= 4 is 21.5 Å². The topological polar surface area (TPSA) is 78.2 Å². The minimum absolute atomic E-state index is 0.0113. The molecule has 5 nitrogen and oxygen atoms in total. The van der Waals surface area contributed by atoms with Crippen LogP contribution in [-0.2, 0) is 21.0 Å². The number of carbonyl (C=O) groups excluding carboxylic acids is 1. The number of benzene rings is 1. The number of halogens is 3. The minimum Gasteiger partial charge on any atom is -0.299 e. The van der Waals surface area contributed by atoms with Gasteiger partial charge in [-0.2, -0.15) is 18.4 Å². The molecule has 1 aromatic carbocycles. The molecule has 0 unspecified atom stereocenters. The number of alkyl halides is 3. The summed E-state index contributed by atoms with van der Waals surface area (Å²) in [5.74, 6) is -0.835. The summed E-state index contributed by atoms with van der Waals surface area (Å²) >= 11 is 0. The first-order valence-electron chi connectivity index (χ1n) is 7.80. The number of anilines is 1. The van der Waals surface area contributed by atoms with Crippen molar-refractivity contribution in [3.05, 3.63) is 29.3 Å². The first kappa shape index (κ1) is 16.4. The highest BCUT2D eigenvalue weighted by Gasteiger charge is 2.63. The molecular weight excluding hydrogens is 357 g/mol. The van der Waals surface area contributed by atoms with Gasteiger partial charge >= 0.3 is 6.18 Å². The number of hydrogen-bond donors (Lipinski definition) is 0. The van der Waals surface area contributed by atoms with Gasteiger partial charge in [0.1, 0.15) is 5.78 Å². The molecule has 132 valence electrons. The molecule has 1 saturated heterocycles. The summed E-state index contributed by atoms with van der Waals surface area (Å²) in [4.78, 5) is 11.9. The van der Waals surface area contributed by atoms with Gasteiger partial charge in [0.25, 0.3) is 0 Å². The zero-order valence-electron chi connectivity index (χ0n) is 12.8. The molecule has 0 radical (unpaired) electrons. The average molecular weight is 370 g/mol. The van der Waals surface area contributed by atoms with Gasteiger partial charge in [-0.3, -0.25) is 9.10 Å². The van der Waals surface area contributed by atoms with Crippen molar-refractivity contribution in [1.29, 1.82) is 5.26 Å². The summed E-state index contributed by atoms with van der Waals surface area (Å²) in [5.41, 5.74) is -1.81. The van der Waals surface area contributed by atoms with Gasteiger partial charge in [0, 0.05) is 24.8 Å². The summed E-state index contributed by atoms with van der Waals surface area (Å²) < 4.78 is 66.1. The van der Waals surface area contributed by atoms with Crippen LogP contribution in [0, 0.1) is 29.1 Å². The smallest absolute Gasteiger partial charge is 0.299 e. The Morgan fingerprint density at radius 2 is 2.00 bits per heavy atom. The number of sulfonamides is 1. The van der Waals surface area contributed by atoms with E-state index < -0.39 is 38.5 Å². The number of nitrogens with zero attached hydrogens (tertiary/aromatic N) is 2. The number of carbonyl (C=O) groups is 1. The molecule has 3 fully saturated rings. The maximum atomic E-state index is 13.1. The summed E-state index contributed by atoms with van der Waals surface area (Å²) in [6.45, 7) is 0.0879. The molecule has 1 aromatic rings. The van der Waals surface area contributed by atoms with Crippen LogP contribution in [0.4, 0.5) is 18.9 Å². The average Bonchev–Trinajstić information content (AvgIpc) is 3.15. The highest BCUT2D eigenvalue weighted by Crippen LogP contribution is 2.54. The van der Waals surface area contributed by atoms with E-state index in [0.717, 1.165) is 10.4 Å². The molecule has 2 saturated carbocycles. The van der Waals surface area contributed by atoms with Gasteiger partial charge in [-0.1, -0.05) is 0 Å². The first-order chi connectivity index (χ1) is 11.6. The van der Waals surface area contributed by atoms with Crippen LogP contribution in [0.25, 0.3) is 0 Å². The van der Waals surface area contributed by atoms with E-state index in [1.54, 1.807) is 0 Å². The third-order valence-corrected chi connectivity index (χ3v) is 7.94. The molecule has 4 rings (SSSR count). The highest BCUT2D eigenvalue weighted by molar-refractivity contribution is 7.93. The molecule has 1 aliphatic heterocycles. The predicted octanol–water partition coefficient (Wildman–Crippen LogP) is 2.32. The Morgan fingerprint density at radius 3 is 2.64 bits per heavy atom. The normalized spacial score (nSPS) is 32.7. The Balaban J connectivity index is 1.77. The van der Waals surface area contributed by atoms with E-state index in [-0.39, 0.29) is 29.9 Å². The van der Waals surface area contributed by atoms with Gasteiger partial charge in [-0.05, 0) is 30.5 Å². The van der Waals surface area contributed by atoms with Gasteiger partial charge in [0.05, 0.1) is 28.1 Å². The first-order valence-corrected chi connectivity index (χ1v) is 9.30. The molecular formula is C16H13F3N2O3S. The fourth-order valence-corrected chi connectivity index (χ4v) is 7.07. The lowest BCUT2D eigenvalue weighted by Crippen LogP contribution is -2.36. The highest BCUT2D eigenvalue weighted by atomic mass is 32.2. The molecule has 0 spiro atoms. The molecule has 25 heavy (non-hydrogen) atoms. The van der Waals surface area contributed by atoms with Crippen LogP contribution >= 0.6 is 0 Å². The molecule has 3 aliphatic rings. The van der Waals surface area contributed by atoms with Crippen LogP contribution in [0.1, 0.15) is 24.0 Å². The van der Waals surface area contributed by atoms with Crippen LogP contribution in [0.3, 0.4) is 0 Å². The Morgan fingerprint density at radius 1 is 1.28 bits per heavy atom. The van der Waals surface area contributed by atoms with Crippen LogP contribution in [0.5, 0.6) is 0 Å². The van der Waals surface area contributed by atoms with E-state index in [0.29, 0.717) is 18.9 Å². The monoisotopic (exact) mass is 370 g/mol. The minimum atomic E-state index is -4.75. The van der Waals surface area contributed by atoms with E-state index in [2.05, 4.69) is 0 Å². The van der Waals surface area contributed by atoms with Gasteiger partial charge < -0.3 is 0 Å². The van der Waals surface area contributed by atoms with Gasteiger partial charge in [-0.25, -0.2) is 8.42 Å². The third-order valence-electron chi connectivity index (χ3n) is 5.60. The van der Waals surface area contributed by atoms with E-state index in [1.807, 2.05) is 0 Å². The Kier molecular flexibility index (Phi) is 3.26. The SMILES string of the molecule is N#Cc1ccc(N2C[C@@H]3[C@@H]4CC(=O)[C@@H](C4)[C@@H]3S2(=O)=O)cc1C(F)(F)F. The Labute approximate surface area is 142 Å². The Bertz CT molecular complexity index is 920. The second kappa shape index (κ2) is 4.97. The maximum absolute atomic E-state index is 13.1. The lowest BCUT2D eigenvalue weighted by molar-refractivity contribution is -0.137. The van der Waals surface area contributed by atoms with E-state index in [1.165, 1.54) is 12.1 Å². The quantitative estimate of drug-likeness (QED) is 0.760. The number of fused-ring (bicyclic) bond motifs is 5. The summed E-state index contributed by atoms with van der Waals surface area (Å²) in [7, 11) is -3.90. The molecule has 2 aliphatic carbocycles. The van der Waals surface area contributed by atoms with Crippen molar-refractivity contribution in [2.45, 2.75) is 24.3 Å². The third kappa shape index (κ3) is 2.20. The zero-order chi connectivity index (χ0) is 18.1. The van der Waals surface area contributed by atoms with E-state index >= 15 is 0 Å². The standard InChI is InChI=1S/C16H13F3N2O3S/c17-16(18,19)13-5-10(2-1-8(13)6-20)21-7-12-9-3-11(14(22)4-9)15(12)25(21,23)24/h1-2,5,9,11-12,15H,3-4,7H2/t9-,11+,12+,15-/m0/s1. The van der Waals surface area contributed by atoms with Crippen molar-refractivity contribution in [3.63, 3.8) is 0 Å². The second-order valence-electron chi connectivity index (χ2n) is 6.82. The maximum Gasteiger partial charge on any atom is 0.417 e. The van der Waals surface area contributed by atoms with Crippen LogP contribution in [-0.4, -0.2) is 26.0 Å². The van der Waals surface area contributed by atoms with Crippen molar-refractivity contribution in [2.75, 3.05) is 10.8 Å². The number of nitriles is 1. The Hall–Kier alpha value is -2.08. The number of rotatable bonds is 1. The largest absolute Gasteiger partial charge is 0.417 e. The van der Waals surface area contributed by atoms with Crippen molar-refractivity contribution in [2.24, 2.45) is 17.8 Å². The number of hydrogen-bond acceptors (Lipinski definition) is 4. The summed E-state index contributed by atoms with van der Waals surface area (Å²) in [6, 6.07) is 4.39. The second-order valence-corrected chi connectivity index (χ2v) is 8.83.